The van der Waals surface area contributed by atoms with E-state index < -0.39 is 24.0 Å². The lowest BCUT2D eigenvalue weighted by atomic mass is 9.92. The van der Waals surface area contributed by atoms with Crippen LogP contribution in [0.2, 0.25) is 0 Å². The first-order chi connectivity index (χ1) is 14.9. The Hall–Kier alpha value is -3.66. The Morgan fingerprint density at radius 2 is 1.94 bits per heavy atom. The molecule has 3 rings (SSSR count). The number of aliphatic carboxylic acids is 1. The van der Waals surface area contributed by atoms with E-state index >= 15 is 0 Å². The summed E-state index contributed by atoms with van der Waals surface area (Å²) in [6.07, 6.45) is 2.12. The van der Waals surface area contributed by atoms with E-state index in [9.17, 15) is 19.5 Å². The molecule has 2 aromatic carbocycles. The van der Waals surface area contributed by atoms with Crippen LogP contribution in [-0.2, 0) is 22.6 Å². The largest absolute Gasteiger partial charge is 0.480 e. The second-order valence-electron chi connectivity index (χ2n) is 7.66. The van der Waals surface area contributed by atoms with Crippen LogP contribution < -0.4 is 5.32 Å². The van der Waals surface area contributed by atoms with E-state index in [2.05, 4.69) is 5.32 Å². The minimum atomic E-state index is -1.09. The molecule has 160 valence electrons. The van der Waals surface area contributed by atoms with Gasteiger partial charge in [-0.3, -0.25) is 9.59 Å². The van der Waals surface area contributed by atoms with Gasteiger partial charge in [0.15, 0.2) is 0 Å². The number of carboxylic acids is 1. The van der Waals surface area contributed by atoms with Crippen LogP contribution in [0.5, 0.6) is 0 Å². The van der Waals surface area contributed by atoms with Gasteiger partial charge in [0.1, 0.15) is 12.1 Å². The summed E-state index contributed by atoms with van der Waals surface area (Å²) in [7, 11) is 0. The summed E-state index contributed by atoms with van der Waals surface area (Å²) in [6.45, 7) is 2.19. The van der Waals surface area contributed by atoms with E-state index in [-0.39, 0.29) is 12.5 Å². The highest BCUT2D eigenvalue weighted by atomic mass is 16.4. The number of nitriles is 1. The fourth-order valence-corrected chi connectivity index (χ4v) is 3.79. The summed E-state index contributed by atoms with van der Waals surface area (Å²) < 4.78 is 0. The molecule has 1 heterocycles. The Balaban J connectivity index is 1.90. The summed E-state index contributed by atoms with van der Waals surface area (Å²) in [5.41, 5.74) is 2.57. The molecular weight excluding hydrogens is 394 g/mol. The number of benzene rings is 2. The quantitative estimate of drug-likeness (QED) is 0.717. The van der Waals surface area contributed by atoms with Crippen LogP contribution in [0.4, 0.5) is 0 Å². The minimum Gasteiger partial charge on any atom is -0.480 e. The van der Waals surface area contributed by atoms with E-state index in [1.807, 2.05) is 37.3 Å². The number of hydrogen-bond donors (Lipinski definition) is 2. The second-order valence-corrected chi connectivity index (χ2v) is 7.66. The zero-order valence-electron chi connectivity index (χ0n) is 17.4. The van der Waals surface area contributed by atoms with Crippen LogP contribution in [-0.4, -0.2) is 39.9 Å². The molecule has 7 nitrogen and oxygen atoms in total. The van der Waals surface area contributed by atoms with Crippen LogP contribution in [0.3, 0.4) is 0 Å². The van der Waals surface area contributed by atoms with E-state index in [1.165, 1.54) is 11.0 Å². The Bertz CT molecular complexity index is 1030. The number of carbonyl (C=O) groups is 3. The third-order valence-electron chi connectivity index (χ3n) is 5.51. The lowest BCUT2D eigenvalue weighted by Gasteiger charge is -2.36. The number of nitrogens with zero attached hydrogens (tertiary/aromatic N) is 2. The van der Waals surface area contributed by atoms with Crippen molar-refractivity contribution >= 4 is 17.8 Å². The normalized spacial score (nSPS) is 16.0. The molecule has 2 amide bonds. The smallest absolute Gasteiger partial charge is 0.326 e. The van der Waals surface area contributed by atoms with Gasteiger partial charge in [-0.1, -0.05) is 50.1 Å². The van der Waals surface area contributed by atoms with E-state index in [0.29, 0.717) is 30.4 Å². The first-order valence-electron chi connectivity index (χ1n) is 10.4. The molecule has 31 heavy (non-hydrogen) atoms. The zero-order valence-corrected chi connectivity index (χ0v) is 17.4. The molecule has 2 atom stereocenters. The number of amides is 2. The molecule has 0 aromatic heterocycles. The molecule has 7 heteroatoms. The summed E-state index contributed by atoms with van der Waals surface area (Å²) >= 11 is 0. The average Bonchev–Trinajstić information content (AvgIpc) is 2.80. The molecule has 0 fully saturated rings. The monoisotopic (exact) mass is 419 g/mol. The fraction of sp³-hybridized carbons (Fsp3) is 0.333. The molecule has 0 bridgehead atoms. The molecule has 0 saturated carbocycles. The maximum atomic E-state index is 13.3. The molecule has 1 unspecified atom stereocenters. The third-order valence-corrected chi connectivity index (χ3v) is 5.51. The molecule has 0 aliphatic carbocycles. The molecule has 2 N–H and O–H groups in total. The molecule has 0 spiro atoms. The number of hydrogen-bond acceptors (Lipinski definition) is 4. The van der Waals surface area contributed by atoms with Crippen molar-refractivity contribution in [1.29, 1.82) is 5.26 Å². The number of nitrogens with one attached hydrogen (secondary N) is 1. The van der Waals surface area contributed by atoms with Crippen LogP contribution in [0, 0.1) is 11.3 Å². The van der Waals surface area contributed by atoms with Crippen LogP contribution in [0.1, 0.15) is 53.2 Å². The predicted octanol–water partition coefficient (Wildman–Crippen LogP) is 2.88. The van der Waals surface area contributed by atoms with Crippen molar-refractivity contribution in [3.8, 4) is 6.07 Å². The fourth-order valence-electron chi connectivity index (χ4n) is 3.79. The van der Waals surface area contributed by atoms with Crippen molar-refractivity contribution in [2.24, 2.45) is 0 Å². The Morgan fingerprint density at radius 1 is 1.19 bits per heavy atom. The van der Waals surface area contributed by atoms with Gasteiger partial charge < -0.3 is 15.3 Å². The lowest BCUT2D eigenvalue weighted by molar-refractivity contribution is -0.142. The number of rotatable bonds is 7. The Labute approximate surface area is 181 Å². The van der Waals surface area contributed by atoms with Gasteiger partial charge in [-0.2, -0.15) is 5.26 Å². The zero-order chi connectivity index (χ0) is 22.4. The highest BCUT2D eigenvalue weighted by Crippen LogP contribution is 2.25. The van der Waals surface area contributed by atoms with Crippen molar-refractivity contribution in [2.75, 3.05) is 0 Å². The SMILES string of the molecule is CCCCC(NC(=O)[C@@H]1Cc2ccccc2CN1C(=O)c1cccc(C#N)c1)C(=O)O. The van der Waals surface area contributed by atoms with Crippen molar-refractivity contribution in [1.82, 2.24) is 10.2 Å². The molecule has 2 aromatic rings. The summed E-state index contributed by atoms with van der Waals surface area (Å²) in [6, 6.07) is 14.1. The van der Waals surface area contributed by atoms with E-state index in [0.717, 1.165) is 17.5 Å². The number of carbonyl (C=O) groups excluding carboxylic acids is 2. The second kappa shape index (κ2) is 9.90. The summed E-state index contributed by atoms with van der Waals surface area (Å²) in [4.78, 5) is 39.5. The van der Waals surface area contributed by atoms with Gasteiger partial charge >= 0.3 is 5.97 Å². The number of fused-ring (bicyclic) bond motifs is 1. The van der Waals surface area contributed by atoms with Crippen molar-refractivity contribution in [3.05, 3.63) is 70.8 Å². The maximum absolute atomic E-state index is 13.3. The minimum absolute atomic E-state index is 0.233. The first kappa shape index (κ1) is 22.0. The number of unbranched alkanes of at least 4 members (excludes halogenated alkanes) is 1. The Morgan fingerprint density at radius 3 is 2.61 bits per heavy atom. The van der Waals surface area contributed by atoms with Gasteiger partial charge in [0.05, 0.1) is 11.6 Å². The van der Waals surface area contributed by atoms with Gasteiger partial charge in [-0.15, -0.1) is 0 Å². The van der Waals surface area contributed by atoms with Gasteiger partial charge in [0.2, 0.25) is 5.91 Å². The average molecular weight is 419 g/mol. The van der Waals surface area contributed by atoms with Gasteiger partial charge in [0.25, 0.3) is 5.91 Å². The van der Waals surface area contributed by atoms with Crippen LogP contribution in [0.25, 0.3) is 0 Å². The molecule has 1 aliphatic heterocycles. The lowest BCUT2D eigenvalue weighted by Crippen LogP contribution is -2.55. The van der Waals surface area contributed by atoms with E-state index in [1.54, 1.807) is 18.2 Å². The molecule has 1 aliphatic rings. The van der Waals surface area contributed by atoms with Gasteiger partial charge in [0, 0.05) is 18.5 Å². The first-order valence-corrected chi connectivity index (χ1v) is 10.4. The Kier molecular flexibility index (Phi) is 7.03. The summed E-state index contributed by atoms with van der Waals surface area (Å²) in [5, 5.41) is 21.3. The van der Waals surface area contributed by atoms with Gasteiger partial charge in [-0.25, -0.2) is 4.79 Å². The van der Waals surface area contributed by atoms with Gasteiger partial charge in [-0.05, 0) is 35.7 Å². The maximum Gasteiger partial charge on any atom is 0.326 e. The third kappa shape index (κ3) is 5.10. The van der Waals surface area contributed by atoms with Crippen molar-refractivity contribution < 1.29 is 19.5 Å². The summed E-state index contributed by atoms with van der Waals surface area (Å²) in [5.74, 6) is -1.94. The highest BCUT2D eigenvalue weighted by Gasteiger charge is 2.36. The van der Waals surface area contributed by atoms with Crippen LogP contribution >= 0.6 is 0 Å². The van der Waals surface area contributed by atoms with Crippen molar-refractivity contribution in [2.45, 2.75) is 51.2 Å². The molecule has 0 saturated heterocycles. The number of carboxylic acid groups (broad SMARTS) is 1. The standard InChI is InChI=1S/C24H25N3O4/c1-2-3-11-20(24(30)31)26-22(28)21-13-17-8-4-5-9-19(17)15-27(21)23(29)18-10-6-7-16(12-18)14-25/h4-10,12,20-21H,2-3,11,13,15H2,1H3,(H,26,28)(H,30,31)/t20?,21-/m0/s1. The predicted molar refractivity (Wildman–Crippen MR) is 114 cm³/mol. The van der Waals surface area contributed by atoms with E-state index in [4.69, 9.17) is 5.26 Å². The molecule has 0 radical (unpaired) electrons. The topological polar surface area (TPSA) is 111 Å². The molecular formula is C24H25N3O4. The van der Waals surface area contributed by atoms with Crippen LogP contribution in [0.15, 0.2) is 48.5 Å². The van der Waals surface area contributed by atoms with Crippen molar-refractivity contribution in [3.63, 3.8) is 0 Å². The highest BCUT2D eigenvalue weighted by molar-refractivity contribution is 5.98.